The predicted molar refractivity (Wildman–Crippen MR) is 66.3 cm³/mol. The summed E-state index contributed by atoms with van der Waals surface area (Å²) in [6.45, 7) is 2.78. The SMILES string of the molecule is CCCNC(CC(N)=O)c1ccc(F)c(Cl)c1. The Morgan fingerprint density at radius 1 is 1.59 bits per heavy atom. The van der Waals surface area contributed by atoms with Crippen molar-refractivity contribution in [1.82, 2.24) is 5.32 Å². The van der Waals surface area contributed by atoms with Gasteiger partial charge in [0.05, 0.1) is 5.02 Å². The maximum atomic E-state index is 13.0. The van der Waals surface area contributed by atoms with E-state index in [2.05, 4.69) is 5.32 Å². The number of benzene rings is 1. The van der Waals surface area contributed by atoms with E-state index in [4.69, 9.17) is 17.3 Å². The van der Waals surface area contributed by atoms with Crippen LogP contribution in [0.15, 0.2) is 18.2 Å². The third-order valence-electron chi connectivity index (χ3n) is 2.39. The summed E-state index contributed by atoms with van der Waals surface area (Å²) in [4.78, 5) is 11.0. The van der Waals surface area contributed by atoms with Gasteiger partial charge in [-0.2, -0.15) is 0 Å². The number of hydrogen-bond acceptors (Lipinski definition) is 2. The zero-order valence-corrected chi connectivity index (χ0v) is 10.4. The maximum absolute atomic E-state index is 13.0. The molecule has 0 fully saturated rings. The average Bonchev–Trinajstić information content (AvgIpc) is 2.27. The Morgan fingerprint density at radius 2 is 2.29 bits per heavy atom. The topological polar surface area (TPSA) is 55.1 Å². The molecule has 0 radical (unpaired) electrons. The number of primary amides is 1. The van der Waals surface area contributed by atoms with Gasteiger partial charge in [0.2, 0.25) is 5.91 Å². The molecule has 3 nitrogen and oxygen atoms in total. The summed E-state index contributed by atoms with van der Waals surface area (Å²) in [5, 5.41) is 3.23. The molecule has 0 spiro atoms. The van der Waals surface area contributed by atoms with Gasteiger partial charge in [0.1, 0.15) is 5.82 Å². The highest BCUT2D eigenvalue weighted by atomic mass is 35.5. The summed E-state index contributed by atoms with van der Waals surface area (Å²) < 4.78 is 13.0. The van der Waals surface area contributed by atoms with Gasteiger partial charge >= 0.3 is 0 Å². The minimum absolute atomic E-state index is 0.0512. The number of carbonyl (C=O) groups is 1. The first-order chi connectivity index (χ1) is 8.04. The molecular formula is C12H16ClFN2O. The van der Waals surface area contributed by atoms with Crippen molar-refractivity contribution in [1.29, 1.82) is 0 Å². The molecule has 1 rings (SSSR count). The van der Waals surface area contributed by atoms with Crippen molar-refractivity contribution >= 4 is 17.5 Å². The van der Waals surface area contributed by atoms with Crippen LogP contribution >= 0.6 is 11.6 Å². The number of nitrogens with one attached hydrogen (secondary N) is 1. The molecule has 1 amide bonds. The molecule has 0 aliphatic heterocycles. The first-order valence-corrected chi connectivity index (χ1v) is 5.89. The van der Waals surface area contributed by atoms with Gasteiger partial charge in [0, 0.05) is 12.5 Å². The van der Waals surface area contributed by atoms with Crippen LogP contribution in [0.1, 0.15) is 31.4 Å². The molecule has 0 saturated carbocycles. The minimum Gasteiger partial charge on any atom is -0.370 e. The van der Waals surface area contributed by atoms with E-state index in [1.165, 1.54) is 12.1 Å². The van der Waals surface area contributed by atoms with Crippen LogP contribution in [0, 0.1) is 5.82 Å². The van der Waals surface area contributed by atoms with Gasteiger partial charge in [-0.25, -0.2) is 4.39 Å². The average molecular weight is 259 g/mol. The van der Waals surface area contributed by atoms with Crippen molar-refractivity contribution in [3.63, 3.8) is 0 Å². The monoisotopic (exact) mass is 258 g/mol. The van der Waals surface area contributed by atoms with E-state index in [1.807, 2.05) is 6.92 Å². The predicted octanol–water partition coefficient (Wildman–Crippen LogP) is 2.40. The fourth-order valence-electron chi connectivity index (χ4n) is 1.56. The summed E-state index contributed by atoms with van der Waals surface area (Å²) in [5.41, 5.74) is 5.95. The lowest BCUT2D eigenvalue weighted by Gasteiger charge is -2.17. The summed E-state index contributed by atoms with van der Waals surface area (Å²) >= 11 is 5.71. The standard InChI is InChI=1S/C12H16ClFN2O/c1-2-5-16-11(7-12(15)17)8-3-4-10(14)9(13)6-8/h3-4,6,11,16H,2,5,7H2,1H3,(H2,15,17). The number of amides is 1. The number of hydrogen-bond donors (Lipinski definition) is 2. The molecule has 1 unspecified atom stereocenters. The number of halogens is 2. The fraction of sp³-hybridized carbons (Fsp3) is 0.417. The van der Waals surface area contributed by atoms with Gasteiger partial charge in [0.25, 0.3) is 0 Å². The lowest BCUT2D eigenvalue weighted by molar-refractivity contribution is -0.118. The van der Waals surface area contributed by atoms with Crippen LogP contribution in [0.25, 0.3) is 0 Å². The zero-order valence-electron chi connectivity index (χ0n) is 9.67. The Balaban J connectivity index is 2.86. The number of carbonyl (C=O) groups excluding carboxylic acids is 1. The Labute approximate surface area is 105 Å². The minimum atomic E-state index is -0.469. The smallest absolute Gasteiger partial charge is 0.219 e. The summed E-state index contributed by atoms with van der Waals surface area (Å²) in [6.07, 6.45) is 1.10. The largest absolute Gasteiger partial charge is 0.370 e. The second-order valence-electron chi connectivity index (χ2n) is 3.85. The summed E-state index contributed by atoms with van der Waals surface area (Å²) in [7, 11) is 0. The Hall–Kier alpha value is -1.13. The first kappa shape index (κ1) is 13.9. The van der Waals surface area contributed by atoms with Gasteiger partial charge in [-0.3, -0.25) is 4.79 Å². The van der Waals surface area contributed by atoms with Gasteiger partial charge in [0.15, 0.2) is 0 Å². The van der Waals surface area contributed by atoms with E-state index in [0.717, 1.165) is 18.5 Å². The van der Waals surface area contributed by atoms with Crippen LogP contribution in [-0.2, 0) is 4.79 Å². The van der Waals surface area contributed by atoms with E-state index in [-0.39, 0.29) is 17.5 Å². The van der Waals surface area contributed by atoms with Crippen LogP contribution < -0.4 is 11.1 Å². The van der Waals surface area contributed by atoms with Gasteiger partial charge in [-0.1, -0.05) is 24.6 Å². The highest BCUT2D eigenvalue weighted by molar-refractivity contribution is 6.30. The van der Waals surface area contributed by atoms with Gasteiger partial charge in [-0.15, -0.1) is 0 Å². The molecule has 0 bridgehead atoms. The van der Waals surface area contributed by atoms with Crippen molar-refractivity contribution in [3.05, 3.63) is 34.6 Å². The highest BCUT2D eigenvalue weighted by Gasteiger charge is 2.14. The molecule has 17 heavy (non-hydrogen) atoms. The molecule has 5 heteroatoms. The fourth-order valence-corrected chi connectivity index (χ4v) is 1.75. The van der Waals surface area contributed by atoms with Crippen LogP contribution in [0.4, 0.5) is 4.39 Å². The van der Waals surface area contributed by atoms with Crippen molar-refractivity contribution in [2.75, 3.05) is 6.54 Å². The van der Waals surface area contributed by atoms with E-state index in [0.29, 0.717) is 0 Å². The molecule has 1 atom stereocenters. The van der Waals surface area contributed by atoms with Gasteiger partial charge in [-0.05, 0) is 30.7 Å². The van der Waals surface area contributed by atoms with Crippen LogP contribution in [0.5, 0.6) is 0 Å². The van der Waals surface area contributed by atoms with Crippen molar-refractivity contribution in [2.45, 2.75) is 25.8 Å². The molecule has 94 valence electrons. The summed E-state index contributed by atoms with van der Waals surface area (Å²) in [6, 6.07) is 4.20. The highest BCUT2D eigenvalue weighted by Crippen LogP contribution is 2.22. The quantitative estimate of drug-likeness (QED) is 0.823. The lowest BCUT2D eigenvalue weighted by Crippen LogP contribution is -2.27. The van der Waals surface area contributed by atoms with E-state index < -0.39 is 11.7 Å². The van der Waals surface area contributed by atoms with E-state index in [1.54, 1.807) is 6.07 Å². The van der Waals surface area contributed by atoms with E-state index in [9.17, 15) is 9.18 Å². The third kappa shape index (κ3) is 4.32. The first-order valence-electron chi connectivity index (χ1n) is 5.51. The zero-order chi connectivity index (χ0) is 12.8. The van der Waals surface area contributed by atoms with Crippen LogP contribution in [-0.4, -0.2) is 12.5 Å². The molecule has 1 aromatic rings. The molecule has 0 heterocycles. The molecule has 3 N–H and O–H groups in total. The van der Waals surface area contributed by atoms with Crippen LogP contribution in [0.2, 0.25) is 5.02 Å². The van der Waals surface area contributed by atoms with E-state index >= 15 is 0 Å². The van der Waals surface area contributed by atoms with Crippen molar-refractivity contribution < 1.29 is 9.18 Å². The van der Waals surface area contributed by atoms with Crippen molar-refractivity contribution in [3.8, 4) is 0 Å². The molecule has 1 aromatic carbocycles. The molecule has 0 aliphatic rings. The number of rotatable bonds is 6. The molecule has 0 aliphatic carbocycles. The second-order valence-corrected chi connectivity index (χ2v) is 4.26. The molecule has 0 saturated heterocycles. The second kappa shape index (κ2) is 6.57. The van der Waals surface area contributed by atoms with Crippen LogP contribution in [0.3, 0.4) is 0 Å². The maximum Gasteiger partial charge on any atom is 0.219 e. The number of nitrogens with two attached hydrogens (primary N) is 1. The van der Waals surface area contributed by atoms with Crippen molar-refractivity contribution in [2.24, 2.45) is 5.73 Å². The normalized spacial score (nSPS) is 12.4. The molecule has 0 aromatic heterocycles. The molecular weight excluding hydrogens is 243 g/mol. The Kier molecular flexibility index (Phi) is 5.38. The third-order valence-corrected chi connectivity index (χ3v) is 2.68. The summed E-state index contributed by atoms with van der Waals surface area (Å²) in [5.74, 6) is -0.872. The Morgan fingerprint density at radius 3 is 2.82 bits per heavy atom. The Bertz CT molecular complexity index is 398. The van der Waals surface area contributed by atoms with Gasteiger partial charge < -0.3 is 11.1 Å². The lowest BCUT2D eigenvalue weighted by atomic mass is 10.0.